The highest BCUT2D eigenvalue weighted by Crippen LogP contribution is 2.37. The van der Waals surface area contributed by atoms with E-state index in [-0.39, 0.29) is 6.07 Å². The minimum Gasteiger partial charge on any atom is -0.480 e. The van der Waals surface area contributed by atoms with Crippen molar-refractivity contribution < 1.29 is 45.8 Å². The number of carboxylic acid groups (broad SMARTS) is 1. The average molecular weight is 401 g/mol. The van der Waals surface area contributed by atoms with Gasteiger partial charge >= 0.3 is 24.4 Å². The van der Waals surface area contributed by atoms with Crippen molar-refractivity contribution in [2.45, 2.75) is 51.2 Å². The molecule has 0 aliphatic rings. The van der Waals surface area contributed by atoms with Crippen molar-refractivity contribution >= 4 is 12.1 Å². The number of carbonyl (C=O) groups is 2. The first kappa shape index (κ1) is 22.6. The standard InChI is InChI=1S/C16H17F6NO4/c1-14(2,3)27-13(26)23-11(12(24)25)6-8-4-5-9(15(17,18)19)7-10(8)16(20,21)22/h4-5,7,11H,6H2,1-3H3,(H,23,26)(H,24,25). The van der Waals surface area contributed by atoms with E-state index in [1.54, 1.807) is 0 Å². The van der Waals surface area contributed by atoms with Gasteiger partial charge in [0.05, 0.1) is 11.1 Å². The number of halogens is 6. The highest BCUT2D eigenvalue weighted by atomic mass is 19.4. The van der Waals surface area contributed by atoms with Crippen molar-refractivity contribution in [1.29, 1.82) is 0 Å². The number of ether oxygens (including phenoxy) is 1. The van der Waals surface area contributed by atoms with Gasteiger partial charge in [0.25, 0.3) is 0 Å². The van der Waals surface area contributed by atoms with Crippen LogP contribution in [0.25, 0.3) is 0 Å². The van der Waals surface area contributed by atoms with E-state index in [2.05, 4.69) is 0 Å². The predicted octanol–water partition coefficient (Wildman–Crippen LogP) is 4.24. The number of alkyl halides is 6. The number of nitrogens with one attached hydrogen (secondary N) is 1. The topological polar surface area (TPSA) is 75.6 Å². The molecule has 0 radical (unpaired) electrons. The van der Waals surface area contributed by atoms with Crippen LogP contribution in [-0.2, 0) is 28.3 Å². The fourth-order valence-electron chi connectivity index (χ4n) is 2.06. The molecule has 1 aromatic carbocycles. The van der Waals surface area contributed by atoms with Crippen LogP contribution in [0.1, 0.15) is 37.5 Å². The van der Waals surface area contributed by atoms with Gasteiger partial charge in [-0.25, -0.2) is 9.59 Å². The lowest BCUT2D eigenvalue weighted by atomic mass is 9.97. The molecule has 5 nitrogen and oxygen atoms in total. The monoisotopic (exact) mass is 401 g/mol. The fourth-order valence-corrected chi connectivity index (χ4v) is 2.06. The number of alkyl carbamates (subject to hydrolysis) is 1. The van der Waals surface area contributed by atoms with Gasteiger partial charge in [-0.15, -0.1) is 0 Å². The molecule has 27 heavy (non-hydrogen) atoms. The van der Waals surface area contributed by atoms with Gasteiger partial charge in [0.1, 0.15) is 11.6 Å². The smallest absolute Gasteiger partial charge is 0.416 e. The summed E-state index contributed by atoms with van der Waals surface area (Å²) in [4.78, 5) is 22.9. The fraction of sp³-hybridized carbons (Fsp3) is 0.500. The quantitative estimate of drug-likeness (QED) is 0.740. The van der Waals surface area contributed by atoms with E-state index in [0.29, 0.717) is 12.1 Å². The summed E-state index contributed by atoms with van der Waals surface area (Å²) in [5.74, 6) is -1.67. The number of amides is 1. The second-order valence-corrected chi connectivity index (χ2v) is 6.61. The van der Waals surface area contributed by atoms with Crippen molar-refractivity contribution in [2.75, 3.05) is 0 Å². The zero-order valence-electron chi connectivity index (χ0n) is 14.5. The minimum absolute atomic E-state index is 0.0955. The van der Waals surface area contributed by atoms with Crippen LogP contribution in [0.2, 0.25) is 0 Å². The second kappa shape index (κ2) is 7.65. The molecule has 0 aliphatic heterocycles. The van der Waals surface area contributed by atoms with Gasteiger partial charge in [0.15, 0.2) is 0 Å². The lowest BCUT2D eigenvalue weighted by Crippen LogP contribution is -2.45. The normalized spacial score (nSPS) is 13.8. The highest BCUT2D eigenvalue weighted by Gasteiger charge is 2.39. The molecule has 1 aromatic rings. The zero-order valence-corrected chi connectivity index (χ0v) is 14.5. The number of benzene rings is 1. The summed E-state index contributed by atoms with van der Waals surface area (Å²) in [5.41, 5.74) is -4.85. The van der Waals surface area contributed by atoms with Gasteiger partial charge < -0.3 is 15.2 Å². The van der Waals surface area contributed by atoms with Crippen LogP contribution in [0.3, 0.4) is 0 Å². The molecule has 1 rings (SSSR count). The molecule has 0 heterocycles. The van der Waals surface area contributed by atoms with Crippen LogP contribution in [0.15, 0.2) is 18.2 Å². The van der Waals surface area contributed by atoms with Crippen LogP contribution in [0, 0.1) is 0 Å². The van der Waals surface area contributed by atoms with E-state index in [1.807, 2.05) is 5.32 Å². The predicted molar refractivity (Wildman–Crippen MR) is 80.9 cm³/mol. The van der Waals surface area contributed by atoms with Crippen LogP contribution >= 0.6 is 0 Å². The van der Waals surface area contributed by atoms with E-state index in [0.717, 1.165) is 0 Å². The lowest BCUT2D eigenvalue weighted by molar-refractivity contribution is -0.144. The highest BCUT2D eigenvalue weighted by molar-refractivity contribution is 5.80. The van der Waals surface area contributed by atoms with Crippen molar-refractivity contribution in [2.24, 2.45) is 0 Å². The number of hydrogen-bond donors (Lipinski definition) is 2. The SMILES string of the molecule is CC(C)(C)OC(=O)NC(Cc1ccc(C(F)(F)F)cc1C(F)(F)F)C(=O)O. The second-order valence-electron chi connectivity index (χ2n) is 6.61. The molecule has 1 atom stereocenters. The van der Waals surface area contributed by atoms with Crippen LogP contribution < -0.4 is 5.32 Å². The van der Waals surface area contributed by atoms with Gasteiger partial charge in [-0.05, 0) is 38.5 Å². The summed E-state index contributed by atoms with van der Waals surface area (Å²) in [6, 6.07) is -0.977. The number of aliphatic carboxylic acids is 1. The minimum atomic E-state index is -5.15. The van der Waals surface area contributed by atoms with E-state index < -0.39 is 59.2 Å². The number of carboxylic acids is 1. The summed E-state index contributed by atoms with van der Waals surface area (Å²) in [6.45, 7) is 4.46. The molecule has 0 fully saturated rings. The molecular formula is C16H17F6NO4. The Hall–Kier alpha value is -2.46. The Morgan fingerprint density at radius 1 is 1.07 bits per heavy atom. The Balaban J connectivity index is 3.19. The van der Waals surface area contributed by atoms with Gasteiger partial charge in [-0.1, -0.05) is 6.07 Å². The molecule has 2 N–H and O–H groups in total. The molecular weight excluding hydrogens is 384 g/mol. The molecule has 0 saturated heterocycles. The van der Waals surface area contributed by atoms with Crippen molar-refractivity contribution in [1.82, 2.24) is 5.32 Å². The average Bonchev–Trinajstić information content (AvgIpc) is 2.42. The number of rotatable bonds is 4. The Kier molecular flexibility index (Phi) is 6.40. The van der Waals surface area contributed by atoms with Gasteiger partial charge in [-0.3, -0.25) is 0 Å². The lowest BCUT2D eigenvalue weighted by Gasteiger charge is -2.23. The first-order valence-electron chi connectivity index (χ1n) is 7.50. The number of hydrogen-bond acceptors (Lipinski definition) is 3. The maximum absolute atomic E-state index is 13.1. The van der Waals surface area contributed by atoms with Crippen molar-refractivity contribution in [3.8, 4) is 0 Å². The van der Waals surface area contributed by atoms with Crippen LogP contribution in [-0.4, -0.2) is 28.8 Å². The maximum atomic E-state index is 13.1. The maximum Gasteiger partial charge on any atom is 0.416 e. The van der Waals surface area contributed by atoms with Crippen LogP contribution in [0.4, 0.5) is 31.1 Å². The Morgan fingerprint density at radius 2 is 1.63 bits per heavy atom. The first-order chi connectivity index (χ1) is 12.0. The van der Waals surface area contributed by atoms with E-state index in [1.165, 1.54) is 20.8 Å². The Labute approximate surface area is 150 Å². The third-order valence-corrected chi connectivity index (χ3v) is 3.16. The largest absolute Gasteiger partial charge is 0.480 e. The first-order valence-corrected chi connectivity index (χ1v) is 7.50. The Bertz CT molecular complexity index is 706. The third kappa shape index (κ3) is 6.99. The molecule has 1 unspecified atom stereocenters. The molecule has 0 spiro atoms. The van der Waals surface area contributed by atoms with Crippen molar-refractivity contribution in [3.63, 3.8) is 0 Å². The summed E-state index contributed by atoms with van der Waals surface area (Å²) in [7, 11) is 0. The molecule has 0 aromatic heterocycles. The third-order valence-electron chi connectivity index (χ3n) is 3.16. The molecule has 0 aliphatic carbocycles. The summed E-state index contributed by atoms with van der Waals surface area (Å²) in [5, 5.41) is 11.0. The Morgan fingerprint density at radius 3 is 2.04 bits per heavy atom. The zero-order chi connectivity index (χ0) is 21.2. The summed E-state index contributed by atoms with van der Waals surface area (Å²) < 4.78 is 82.2. The van der Waals surface area contributed by atoms with E-state index >= 15 is 0 Å². The molecule has 0 bridgehead atoms. The van der Waals surface area contributed by atoms with E-state index in [9.17, 15) is 35.9 Å². The molecule has 1 amide bonds. The molecule has 0 saturated carbocycles. The summed E-state index contributed by atoms with van der Waals surface area (Å²) in [6.07, 6.45) is -12.2. The van der Waals surface area contributed by atoms with Gasteiger partial charge in [-0.2, -0.15) is 26.3 Å². The van der Waals surface area contributed by atoms with Crippen LogP contribution in [0.5, 0.6) is 0 Å². The van der Waals surface area contributed by atoms with Gasteiger partial charge in [0.2, 0.25) is 0 Å². The van der Waals surface area contributed by atoms with Gasteiger partial charge in [0, 0.05) is 6.42 Å². The van der Waals surface area contributed by atoms with E-state index in [4.69, 9.17) is 9.84 Å². The molecule has 152 valence electrons. The number of carbonyl (C=O) groups excluding carboxylic acids is 1. The van der Waals surface area contributed by atoms with Crippen molar-refractivity contribution in [3.05, 3.63) is 34.9 Å². The summed E-state index contributed by atoms with van der Waals surface area (Å²) >= 11 is 0. The molecule has 11 heteroatoms.